The summed E-state index contributed by atoms with van der Waals surface area (Å²) in [7, 11) is 0. The van der Waals surface area contributed by atoms with E-state index in [-0.39, 0.29) is 0 Å². The standard InChI is InChI=1S/C15H26N2O/c1-4-7-13(3)18-12-15-9-6-8-14(17-15)11-16-10-5-2/h6,8-9,13,16H,4-5,7,10-12H2,1-3H3. The maximum atomic E-state index is 5.77. The van der Waals surface area contributed by atoms with Crippen LogP contribution < -0.4 is 5.32 Å². The lowest BCUT2D eigenvalue weighted by Gasteiger charge is -2.12. The molecule has 0 amide bonds. The number of aromatic nitrogens is 1. The number of nitrogens with one attached hydrogen (secondary N) is 1. The van der Waals surface area contributed by atoms with Crippen LogP contribution in [0.15, 0.2) is 18.2 Å². The molecule has 1 aromatic rings. The fourth-order valence-corrected chi connectivity index (χ4v) is 1.82. The summed E-state index contributed by atoms with van der Waals surface area (Å²) in [5.74, 6) is 0. The van der Waals surface area contributed by atoms with Gasteiger partial charge >= 0.3 is 0 Å². The van der Waals surface area contributed by atoms with Gasteiger partial charge in [0.1, 0.15) is 0 Å². The number of hydrogen-bond acceptors (Lipinski definition) is 3. The first-order chi connectivity index (χ1) is 8.76. The Kier molecular flexibility index (Phi) is 7.62. The van der Waals surface area contributed by atoms with Crippen molar-refractivity contribution in [2.75, 3.05) is 6.54 Å². The topological polar surface area (TPSA) is 34.1 Å². The van der Waals surface area contributed by atoms with Gasteiger partial charge in [-0.1, -0.05) is 26.3 Å². The van der Waals surface area contributed by atoms with Crippen LogP contribution in [0.5, 0.6) is 0 Å². The van der Waals surface area contributed by atoms with Crippen LogP contribution in [0.4, 0.5) is 0 Å². The van der Waals surface area contributed by atoms with Crippen LogP contribution in [0, 0.1) is 0 Å². The van der Waals surface area contributed by atoms with E-state index < -0.39 is 0 Å². The molecular formula is C15H26N2O. The third kappa shape index (κ3) is 6.12. The van der Waals surface area contributed by atoms with E-state index >= 15 is 0 Å². The van der Waals surface area contributed by atoms with E-state index in [9.17, 15) is 0 Å². The summed E-state index contributed by atoms with van der Waals surface area (Å²) in [6.07, 6.45) is 3.74. The third-order valence-electron chi connectivity index (χ3n) is 2.81. The molecule has 1 atom stereocenters. The molecule has 1 unspecified atom stereocenters. The van der Waals surface area contributed by atoms with E-state index in [0.29, 0.717) is 12.7 Å². The normalized spacial score (nSPS) is 12.6. The van der Waals surface area contributed by atoms with Crippen molar-refractivity contribution in [1.82, 2.24) is 10.3 Å². The largest absolute Gasteiger partial charge is 0.372 e. The van der Waals surface area contributed by atoms with Gasteiger partial charge in [0, 0.05) is 6.54 Å². The van der Waals surface area contributed by atoms with E-state index in [4.69, 9.17) is 4.74 Å². The van der Waals surface area contributed by atoms with Gasteiger partial charge < -0.3 is 10.1 Å². The summed E-state index contributed by atoms with van der Waals surface area (Å²) in [4.78, 5) is 4.59. The van der Waals surface area contributed by atoms with Crippen molar-refractivity contribution in [3.8, 4) is 0 Å². The second-order valence-corrected chi connectivity index (χ2v) is 4.71. The maximum absolute atomic E-state index is 5.77. The van der Waals surface area contributed by atoms with Gasteiger partial charge in [0.15, 0.2) is 0 Å². The van der Waals surface area contributed by atoms with Crippen molar-refractivity contribution in [3.05, 3.63) is 29.6 Å². The molecule has 0 saturated heterocycles. The van der Waals surface area contributed by atoms with Crippen LogP contribution in [-0.2, 0) is 17.9 Å². The van der Waals surface area contributed by atoms with Crippen molar-refractivity contribution in [1.29, 1.82) is 0 Å². The zero-order valence-corrected chi connectivity index (χ0v) is 11.9. The molecule has 1 rings (SSSR count). The Labute approximate surface area is 111 Å². The number of pyridine rings is 1. The van der Waals surface area contributed by atoms with Crippen LogP contribution >= 0.6 is 0 Å². The Morgan fingerprint density at radius 1 is 1.22 bits per heavy atom. The van der Waals surface area contributed by atoms with E-state index in [2.05, 4.69) is 43.2 Å². The summed E-state index contributed by atoms with van der Waals surface area (Å²) in [5, 5.41) is 3.36. The SMILES string of the molecule is CCCNCc1cccc(COC(C)CCC)n1. The Bertz CT molecular complexity index is 328. The minimum absolute atomic E-state index is 0.318. The molecule has 1 aromatic heterocycles. The molecule has 0 fully saturated rings. The van der Waals surface area contributed by atoms with Crippen LogP contribution in [-0.4, -0.2) is 17.6 Å². The Morgan fingerprint density at radius 2 is 2.00 bits per heavy atom. The Balaban J connectivity index is 2.39. The van der Waals surface area contributed by atoms with E-state index in [0.717, 1.165) is 43.7 Å². The maximum Gasteiger partial charge on any atom is 0.0891 e. The van der Waals surface area contributed by atoms with Crippen LogP contribution in [0.25, 0.3) is 0 Å². The van der Waals surface area contributed by atoms with Crippen LogP contribution in [0.1, 0.15) is 51.4 Å². The third-order valence-corrected chi connectivity index (χ3v) is 2.81. The second-order valence-electron chi connectivity index (χ2n) is 4.71. The molecule has 1 heterocycles. The molecule has 102 valence electrons. The fraction of sp³-hybridized carbons (Fsp3) is 0.667. The quantitative estimate of drug-likeness (QED) is 0.683. The first kappa shape index (κ1) is 15.1. The van der Waals surface area contributed by atoms with Crippen molar-refractivity contribution in [3.63, 3.8) is 0 Å². The molecule has 0 radical (unpaired) electrons. The molecule has 0 aromatic carbocycles. The minimum atomic E-state index is 0.318. The Hall–Kier alpha value is -0.930. The Morgan fingerprint density at radius 3 is 2.72 bits per heavy atom. The van der Waals surface area contributed by atoms with Gasteiger partial charge in [-0.2, -0.15) is 0 Å². The van der Waals surface area contributed by atoms with Crippen LogP contribution in [0.3, 0.4) is 0 Å². The summed E-state index contributed by atoms with van der Waals surface area (Å²) in [5.41, 5.74) is 2.11. The van der Waals surface area contributed by atoms with Crippen molar-refractivity contribution in [2.45, 2.75) is 59.3 Å². The lowest BCUT2D eigenvalue weighted by molar-refractivity contribution is 0.0452. The van der Waals surface area contributed by atoms with Gasteiger partial charge in [-0.05, 0) is 38.4 Å². The predicted molar refractivity (Wildman–Crippen MR) is 75.4 cm³/mol. The van der Waals surface area contributed by atoms with Gasteiger partial charge in [0.25, 0.3) is 0 Å². The second kappa shape index (κ2) is 9.06. The molecule has 3 nitrogen and oxygen atoms in total. The monoisotopic (exact) mass is 250 g/mol. The predicted octanol–water partition coefficient (Wildman–Crippen LogP) is 3.29. The summed E-state index contributed by atoms with van der Waals surface area (Å²) >= 11 is 0. The molecular weight excluding hydrogens is 224 g/mol. The zero-order chi connectivity index (χ0) is 13.2. The molecule has 0 saturated carbocycles. The summed E-state index contributed by atoms with van der Waals surface area (Å²) in [6.45, 7) is 8.96. The van der Waals surface area contributed by atoms with E-state index in [1.54, 1.807) is 0 Å². The summed E-state index contributed by atoms with van der Waals surface area (Å²) in [6, 6.07) is 6.14. The number of hydrogen-bond donors (Lipinski definition) is 1. The number of nitrogens with zero attached hydrogens (tertiary/aromatic N) is 1. The molecule has 0 spiro atoms. The first-order valence-corrected chi connectivity index (χ1v) is 7.03. The van der Waals surface area contributed by atoms with E-state index in [1.165, 1.54) is 0 Å². The average Bonchev–Trinajstić information content (AvgIpc) is 2.38. The first-order valence-electron chi connectivity index (χ1n) is 7.03. The van der Waals surface area contributed by atoms with Gasteiger partial charge in [-0.15, -0.1) is 0 Å². The molecule has 0 aliphatic rings. The van der Waals surface area contributed by atoms with Crippen LogP contribution in [0.2, 0.25) is 0 Å². The van der Waals surface area contributed by atoms with Gasteiger partial charge in [-0.25, -0.2) is 0 Å². The highest BCUT2D eigenvalue weighted by Gasteiger charge is 2.03. The van der Waals surface area contributed by atoms with E-state index in [1.807, 2.05) is 6.07 Å². The highest BCUT2D eigenvalue weighted by atomic mass is 16.5. The molecule has 3 heteroatoms. The molecule has 0 aliphatic carbocycles. The molecule has 0 aliphatic heterocycles. The highest BCUT2D eigenvalue weighted by Crippen LogP contribution is 2.06. The molecule has 18 heavy (non-hydrogen) atoms. The average molecular weight is 250 g/mol. The van der Waals surface area contributed by atoms with Crippen molar-refractivity contribution < 1.29 is 4.74 Å². The van der Waals surface area contributed by atoms with Crippen molar-refractivity contribution in [2.24, 2.45) is 0 Å². The van der Waals surface area contributed by atoms with Crippen molar-refractivity contribution >= 4 is 0 Å². The lowest BCUT2D eigenvalue weighted by atomic mass is 10.2. The van der Waals surface area contributed by atoms with Gasteiger partial charge in [0.2, 0.25) is 0 Å². The molecule has 0 bridgehead atoms. The number of ether oxygens (including phenoxy) is 1. The molecule has 1 N–H and O–H groups in total. The van der Waals surface area contributed by atoms with Gasteiger partial charge in [0.05, 0.1) is 24.1 Å². The van der Waals surface area contributed by atoms with Gasteiger partial charge in [-0.3, -0.25) is 4.98 Å². The minimum Gasteiger partial charge on any atom is -0.372 e. The fourth-order valence-electron chi connectivity index (χ4n) is 1.82. The highest BCUT2D eigenvalue weighted by molar-refractivity contribution is 5.10. The summed E-state index contributed by atoms with van der Waals surface area (Å²) < 4.78 is 5.77. The smallest absolute Gasteiger partial charge is 0.0891 e. The number of rotatable bonds is 9. The zero-order valence-electron chi connectivity index (χ0n) is 11.9. The lowest BCUT2D eigenvalue weighted by Crippen LogP contribution is -2.15.